The standard InChI is InChI=1S/C62H96O6/c1-4-7-10-13-16-18-20-22-24-25-26-27-28-29-30-31-32-33-34-35-36-37-39-40-42-44-46-49-52-55-61(64)67-58-59(57-66-60(63)54-51-48-15-12-9-6-3)68-62(65)56-53-50-47-45-43-41-38-23-21-19-17-14-11-8-5-2/h7-8,10-11,16-19,22-24,26-27,29-30,32-33,35-36,38-40,43,45,59H,4-6,9,12-15,20-21,25,28,31,34,37,41-42,44,46-58H2,1-3H3/b10-7-,11-8-,18-16-,19-17-,24-22-,27-26-,30-29-,33-32-,36-35-,38-23-,40-39-,45-43-. The smallest absolute Gasteiger partial charge is 0.306 e. The van der Waals surface area contributed by atoms with Crippen molar-refractivity contribution in [3.05, 3.63) is 146 Å². The quantitative estimate of drug-likeness (QED) is 0.0262. The van der Waals surface area contributed by atoms with Gasteiger partial charge in [0, 0.05) is 19.3 Å². The first kappa shape index (κ1) is 63.3. The van der Waals surface area contributed by atoms with Crippen LogP contribution in [-0.4, -0.2) is 37.2 Å². The molecule has 0 aliphatic rings. The minimum atomic E-state index is -0.812. The molecule has 68 heavy (non-hydrogen) atoms. The number of hydrogen-bond acceptors (Lipinski definition) is 6. The Balaban J connectivity index is 4.28. The van der Waals surface area contributed by atoms with Gasteiger partial charge in [0.05, 0.1) is 0 Å². The van der Waals surface area contributed by atoms with E-state index in [4.69, 9.17) is 14.2 Å². The highest BCUT2D eigenvalue weighted by Crippen LogP contribution is 2.11. The molecule has 380 valence electrons. The van der Waals surface area contributed by atoms with Crippen molar-refractivity contribution in [1.29, 1.82) is 0 Å². The fraction of sp³-hybridized carbons (Fsp3) is 0.565. The summed E-state index contributed by atoms with van der Waals surface area (Å²) in [5.41, 5.74) is 0. The van der Waals surface area contributed by atoms with Gasteiger partial charge in [-0.1, -0.05) is 212 Å². The van der Waals surface area contributed by atoms with Gasteiger partial charge in [0.15, 0.2) is 6.10 Å². The molecular formula is C62H96O6. The Morgan fingerprint density at radius 2 is 0.574 bits per heavy atom. The third-order valence-electron chi connectivity index (χ3n) is 10.6. The van der Waals surface area contributed by atoms with Crippen LogP contribution >= 0.6 is 0 Å². The Hall–Kier alpha value is -4.71. The van der Waals surface area contributed by atoms with Crippen LogP contribution < -0.4 is 0 Å². The van der Waals surface area contributed by atoms with E-state index in [0.717, 1.165) is 141 Å². The highest BCUT2D eigenvalue weighted by atomic mass is 16.6. The van der Waals surface area contributed by atoms with Crippen molar-refractivity contribution < 1.29 is 28.6 Å². The normalized spacial score (nSPS) is 13.3. The summed E-state index contributed by atoms with van der Waals surface area (Å²) in [6, 6.07) is 0. The molecular weight excluding hydrogens is 841 g/mol. The lowest BCUT2D eigenvalue weighted by Gasteiger charge is -2.18. The van der Waals surface area contributed by atoms with Gasteiger partial charge < -0.3 is 14.2 Å². The topological polar surface area (TPSA) is 78.9 Å². The third-order valence-corrected chi connectivity index (χ3v) is 10.6. The van der Waals surface area contributed by atoms with Crippen molar-refractivity contribution in [3.63, 3.8) is 0 Å². The molecule has 0 bridgehead atoms. The van der Waals surface area contributed by atoms with Crippen molar-refractivity contribution in [2.24, 2.45) is 0 Å². The second kappa shape index (κ2) is 54.9. The number of rotatable bonds is 46. The summed E-state index contributed by atoms with van der Waals surface area (Å²) in [7, 11) is 0. The number of carbonyl (C=O) groups is 3. The van der Waals surface area contributed by atoms with Crippen LogP contribution in [0.5, 0.6) is 0 Å². The van der Waals surface area contributed by atoms with E-state index in [9.17, 15) is 14.4 Å². The molecule has 0 aromatic heterocycles. The van der Waals surface area contributed by atoms with Crippen LogP contribution in [0.3, 0.4) is 0 Å². The van der Waals surface area contributed by atoms with E-state index in [0.29, 0.717) is 19.3 Å². The summed E-state index contributed by atoms with van der Waals surface area (Å²) in [5.74, 6) is -0.999. The van der Waals surface area contributed by atoms with Crippen LogP contribution in [0.25, 0.3) is 0 Å². The number of esters is 3. The molecule has 0 rings (SSSR count). The first-order valence-corrected chi connectivity index (χ1v) is 26.8. The minimum absolute atomic E-state index is 0.109. The van der Waals surface area contributed by atoms with E-state index >= 15 is 0 Å². The monoisotopic (exact) mass is 937 g/mol. The van der Waals surface area contributed by atoms with Crippen molar-refractivity contribution in [2.75, 3.05) is 13.2 Å². The average Bonchev–Trinajstić information content (AvgIpc) is 3.34. The molecule has 0 aromatic rings. The summed E-state index contributed by atoms with van der Waals surface area (Å²) in [6.45, 7) is 6.26. The molecule has 0 saturated carbocycles. The Bertz CT molecular complexity index is 1540. The number of hydrogen-bond donors (Lipinski definition) is 0. The van der Waals surface area contributed by atoms with Crippen molar-refractivity contribution in [3.8, 4) is 0 Å². The second-order valence-electron chi connectivity index (χ2n) is 17.0. The van der Waals surface area contributed by atoms with E-state index in [1.54, 1.807) is 0 Å². The summed E-state index contributed by atoms with van der Waals surface area (Å²) >= 11 is 0. The predicted octanol–water partition coefficient (Wildman–Crippen LogP) is 18.0. The van der Waals surface area contributed by atoms with Gasteiger partial charge in [-0.2, -0.15) is 0 Å². The van der Waals surface area contributed by atoms with Gasteiger partial charge in [-0.05, 0) is 122 Å². The van der Waals surface area contributed by atoms with Crippen LogP contribution in [0.4, 0.5) is 0 Å². The van der Waals surface area contributed by atoms with Crippen LogP contribution in [0, 0.1) is 0 Å². The zero-order valence-corrected chi connectivity index (χ0v) is 43.3. The fourth-order valence-electron chi connectivity index (χ4n) is 6.62. The molecule has 1 unspecified atom stereocenters. The molecule has 0 radical (unpaired) electrons. The molecule has 1 atom stereocenters. The van der Waals surface area contributed by atoms with Gasteiger partial charge in [-0.15, -0.1) is 0 Å². The predicted molar refractivity (Wildman–Crippen MR) is 292 cm³/mol. The first-order chi connectivity index (χ1) is 33.5. The molecule has 0 amide bonds. The van der Waals surface area contributed by atoms with Crippen molar-refractivity contribution >= 4 is 17.9 Å². The van der Waals surface area contributed by atoms with Crippen molar-refractivity contribution in [1.82, 2.24) is 0 Å². The Kier molecular flexibility index (Phi) is 51.1. The highest BCUT2D eigenvalue weighted by Gasteiger charge is 2.19. The Morgan fingerprint density at radius 1 is 0.309 bits per heavy atom. The molecule has 0 aliphatic heterocycles. The van der Waals surface area contributed by atoms with Crippen molar-refractivity contribution in [2.45, 2.75) is 213 Å². The lowest BCUT2D eigenvalue weighted by atomic mass is 10.1. The average molecular weight is 937 g/mol. The number of carbonyl (C=O) groups excluding carboxylic acids is 3. The molecule has 6 nitrogen and oxygen atoms in total. The van der Waals surface area contributed by atoms with Gasteiger partial charge in [0.1, 0.15) is 13.2 Å². The van der Waals surface area contributed by atoms with Crippen LogP contribution in [0.2, 0.25) is 0 Å². The van der Waals surface area contributed by atoms with E-state index in [-0.39, 0.29) is 37.5 Å². The van der Waals surface area contributed by atoms with E-state index < -0.39 is 6.10 Å². The largest absolute Gasteiger partial charge is 0.462 e. The number of unbranched alkanes of at least 4 members (excludes halogenated alkanes) is 11. The lowest BCUT2D eigenvalue weighted by Crippen LogP contribution is -2.30. The molecule has 0 spiro atoms. The Morgan fingerprint density at radius 3 is 0.926 bits per heavy atom. The van der Waals surface area contributed by atoms with Crippen LogP contribution in [-0.2, 0) is 28.6 Å². The molecule has 0 fully saturated rings. The van der Waals surface area contributed by atoms with Gasteiger partial charge in [0.25, 0.3) is 0 Å². The summed E-state index contributed by atoms with van der Waals surface area (Å²) in [6.07, 6.45) is 78.7. The first-order valence-electron chi connectivity index (χ1n) is 26.8. The SMILES string of the molecule is CC/C=C\C/C=C\C/C=C\C/C=C\C/C=C\C/C=C\C/C=C\C/C=C\CCCCCCC(=O)OCC(COC(=O)CCCCCCCC)OC(=O)CCCC/C=C\C/C=C\C/C=C\C/C=C\CC. The summed E-state index contributed by atoms with van der Waals surface area (Å²) in [5, 5.41) is 0. The second-order valence-corrected chi connectivity index (χ2v) is 17.0. The number of ether oxygens (including phenoxy) is 3. The van der Waals surface area contributed by atoms with Gasteiger partial charge in [-0.25, -0.2) is 0 Å². The maximum atomic E-state index is 12.7. The number of allylic oxidation sites excluding steroid dienone is 24. The maximum Gasteiger partial charge on any atom is 0.306 e. The molecule has 0 saturated heterocycles. The van der Waals surface area contributed by atoms with Crippen LogP contribution in [0.15, 0.2) is 146 Å². The molecule has 0 aromatic carbocycles. The van der Waals surface area contributed by atoms with Gasteiger partial charge >= 0.3 is 17.9 Å². The maximum absolute atomic E-state index is 12.7. The van der Waals surface area contributed by atoms with Crippen LogP contribution in [0.1, 0.15) is 207 Å². The fourth-order valence-corrected chi connectivity index (χ4v) is 6.62. The zero-order valence-electron chi connectivity index (χ0n) is 43.3. The minimum Gasteiger partial charge on any atom is -0.462 e. The molecule has 0 N–H and O–H groups in total. The molecule has 0 heterocycles. The van der Waals surface area contributed by atoms with Gasteiger partial charge in [0.2, 0.25) is 0 Å². The van der Waals surface area contributed by atoms with E-state index in [1.165, 1.54) is 19.3 Å². The third kappa shape index (κ3) is 52.3. The van der Waals surface area contributed by atoms with E-state index in [1.807, 2.05) is 0 Å². The molecule has 6 heteroatoms. The highest BCUT2D eigenvalue weighted by molar-refractivity contribution is 5.71. The molecule has 0 aliphatic carbocycles. The van der Waals surface area contributed by atoms with E-state index in [2.05, 4.69) is 167 Å². The van der Waals surface area contributed by atoms with Gasteiger partial charge in [-0.3, -0.25) is 14.4 Å². The summed E-state index contributed by atoms with van der Waals surface area (Å²) < 4.78 is 16.6. The Labute approximate surface area is 417 Å². The lowest BCUT2D eigenvalue weighted by molar-refractivity contribution is -0.167. The summed E-state index contributed by atoms with van der Waals surface area (Å²) in [4.78, 5) is 37.7. The zero-order chi connectivity index (χ0) is 49.3.